The maximum absolute atomic E-state index is 14.3. The molecule has 1 aliphatic heterocycles. The fraction of sp³-hybridized carbons (Fsp3) is 0.547. The zero-order valence-corrected chi connectivity index (χ0v) is 54.1. The van der Waals surface area contributed by atoms with Gasteiger partial charge in [-0.1, -0.05) is 254 Å². The van der Waals surface area contributed by atoms with E-state index in [1.54, 1.807) is 14.2 Å². The van der Waals surface area contributed by atoms with Crippen LogP contribution in [0.15, 0.2) is 146 Å². The summed E-state index contributed by atoms with van der Waals surface area (Å²) in [6, 6.07) is 46.1. The molecule has 0 aliphatic carbocycles. The van der Waals surface area contributed by atoms with Gasteiger partial charge in [0.25, 0.3) is 16.6 Å². The summed E-state index contributed by atoms with van der Waals surface area (Å²) in [4.78, 5) is 14.3. The fourth-order valence-corrected chi connectivity index (χ4v) is 26.8. The average molecular weight is 1110 g/mol. The van der Waals surface area contributed by atoms with Gasteiger partial charge in [0.2, 0.25) is 0 Å². The van der Waals surface area contributed by atoms with Gasteiger partial charge in [0.15, 0.2) is 20.4 Å². The smallest absolute Gasteiger partial charge is 0.262 e. The first-order chi connectivity index (χ1) is 35.8. The molecule has 0 spiro atoms. The standard InChI is InChI=1S/C64H98O8Si4/c1-20-54(65)58(71-73(18,19)62(7,8)9)56(74(21-2,22-3)23-4)47-37-36-46-55(70-75(63(10,11)12,50-38-28-24-29-39-50)51-40-30-25-31-41-51)48(5)68-61-60(67-17)59(57(66-16)49(6)69-61)72-76(64(13,14)15,52-42-32-26-33-43-52)53-44-34-27-35-45-53/h24-49,55-61H,20-23H2,1-19H3/b46-36+,47-37+/t48-,49?,55-,56-,57?,58-,59?,60?,61?/m0/s1. The molecule has 76 heavy (non-hydrogen) atoms. The van der Waals surface area contributed by atoms with Crippen LogP contribution in [-0.2, 0) is 37.0 Å². The van der Waals surface area contributed by atoms with Gasteiger partial charge in [-0.25, -0.2) is 0 Å². The number of rotatable bonds is 25. The Bertz CT molecular complexity index is 2340. The van der Waals surface area contributed by atoms with Crippen LogP contribution in [0.25, 0.3) is 0 Å². The topological polar surface area (TPSA) is 81.7 Å². The molecule has 4 aromatic rings. The van der Waals surface area contributed by atoms with Crippen LogP contribution in [0.4, 0.5) is 0 Å². The molecular formula is C64H98O8Si4. The monoisotopic (exact) mass is 1110 g/mol. The first-order valence-corrected chi connectivity index (χ1v) is 37.7. The number of benzene rings is 4. The number of Topliss-reactive ketones (excluding diaryl/α,β-unsaturated/α-hetero) is 1. The molecule has 1 aliphatic rings. The molecule has 8 nitrogen and oxygen atoms in total. The van der Waals surface area contributed by atoms with E-state index in [-0.39, 0.29) is 26.4 Å². The third-order valence-electron chi connectivity index (χ3n) is 17.3. The van der Waals surface area contributed by atoms with E-state index in [9.17, 15) is 4.79 Å². The second kappa shape index (κ2) is 26.7. The van der Waals surface area contributed by atoms with E-state index in [1.165, 1.54) is 10.4 Å². The highest BCUT2D eigenvalue weighted by atomic mass is 28.4. The van der Waals surface area contributed by atoms with Crippen LogP contribution in [0, 0.1) is 0 Å². The van der Waals surface area contributed by atoms with E-state index in [0.29, 0.717) is 6.42 Å². The molecule has 0 aromatic heterocycles. The van der Waals surface area contributed by atoms with Crippen molar-refractivity contribution in [3.8, 4) is 0 Å². The summed E-state index contributed by atoms with van der Waals surface area (Å²) < 4.78 is 50.4. The van der Waals surface area contributed by atoms with Crippen LogP contribution >= 0.6 is 0 Å². The molecule has 1 heterocycles. The molecule has 5 unspecified atom stereocenters. The van der Waals surface area contributed by atoms with Crippen molar-refractivity contribution >= 4 is 59.6 Å². The van der Waals surface area contributed by atoms with Crippen molar-refractivity contribution < 1.29 is 37.0 Å². The fourth-order valence-electron chi connectivity index (χ4n) is 11.6. The Labute approximate surface area is 465 Å². The largest absolute Gasteiger partial charge is 0.407 e. The number of allylic oxidation sites excluding steroid dienone is 2. The van der Waals surface area contributed by atoms with Crippen molar-refractivity contribution in [2.24, 2.45) is 0 Å². The highest BCUT2D eigenvalue weighted by Gasteiger charge is 2.58. The summed E-state index contributed by atoms with van der Waals surface area (Å²) in [6.45, 7) is 38.2. The molecule has 1 fully saturated rings. The minimum atomic E-state index is -3.17. The summed E-state index contributed by atoms with van der Waals surface area (Å²) in [5, 5.41) is 3.98. The molecule has 418 valence electrons. The van der Waals surface area contributed by atoms with Gasteiger partial charge in [0, 0.05) is 26.2 Å². The molecule has 12 heteroatoms. The first kappa shape index (κ1) is 63.4. The van der Waals surface area contributed by atoms with E-state index < -0.39 is 82.0 Å². The van der Waals surface area contributed by atoms with Gasteiger partial charge >= 0.3 is 0 Å². The van der Waals surface area contributed by atoms with E-state index in [0.717, 1.165) is 28.5 Å². The lowest BCUT2D eigenvalue weighted by atomic mass is 9.99. The summed E-state index contributed by atoms with van der Waals surface area (Å²) >= 11 is 0. The van der Waals surface area contributed by atoms with E-state index in [2.05, 4.69) is 249 Å². The number of carbonyl (C=O) groups is 1. The number of ether oxygens (including phenoxy) is 4. The number of hydrogen-bond donors (Lipinski definition) is 0. The maximum atomic E-state index is 14.3. The van der Waals surface area contributed by atoms with Gasteiger partial charge in [-0.2, -0.15) is 0 Å². The highest BCUT2D eigenvalue weighted by Crippen LogP contribution is 2.45. The van der Waals surface area contributed by atoms with Gasteiger partial charge in [-0.05, 0) is 62.8 Å². The lowest BCUT2D eigenvalue weighted by molar-refractivity contribution is -0.311. The van der Waals surface area contributed by atoms with E-state index >= 15 is 0 Å². The van der Waals surface area contributed by atoms with Crippen LogP contribution < -0.4 is 20.7 Å². The van der Waals surface area contributed by atoms with Gasteiger partial charge in [-0.15, -0.1) is 0 Å². The quantitative estimate of drug-likeness (QED) is 0.0480. The number of carbonyl (C=O) groups excluding carboxylic acids is 1. The van der Waals surface area contributed by atoms with Crippen molar-refractivity contribution in [1.29, 1.82) is 0 Å². The number of hydrogen-bond acceptors (Lipinski definition) is 8. The first-order valence-electron chi connectivity index (χ1n) is 28.3. The number of methoxy groups -OCH3 is 2. The Morgan fingerprint density at radius 3 is 1.36 bits per heavy atom. The Kier molecular flexibility index (Phi) is 22.3. The molecule has 0 saturated carbocycles. The van der Waals surface area contributed by atoms with E-state index in [4.69, 9.17) is 32.2 Å². The second-order valence-electron chi connectivity index (χ2n) is 24.8. The van der Waals surface area contributed by atoms with Crippen LogP contribution in [-0.4, -0.2) is 102 Å². The van der Waals surface area contributed by atoms with Gasteiger partial charge < -0.3 is 32.2 Å². The SMILES string of the molecule is CCC(=O)[C@H](O[Si](C)(C)C(C)(C)C)[C@H](/C=C/C=C/[C@H](O[Si](c1ccccc1)(c1ccccc1)C(C)(C)C)[C@H](C)OC1OC(C)C(OC)C(O[Si](c2ccccc2)(c2ccccc2)C(C)(C)C)C1OC)[Si](CC)(CC)CC. The van der Waals surface area contributed by atoms with Crippen LogP contribution in [0.5, 0.6) is 0 Å². The molecular weight excluding hydrogens is 1010 g/mol. The minimum absolute atomic E-state index is 0.00997. The molecule has 0 N–H and O–H groups in total. The Balaban J connectivity index is 1.70. The van der Waals surface area contributed by atoms with Gasteiger partial charge in [-0.3, -0.25) is 4.79 Å². The number of ketones is 1. The molecule has 0 bridgehead atoms. The van der Waals surface area contributed by atoms with Crippen molar-refractivity contribution in [2.45, 2.75) is 211 Å². The van der Waals surface area contributed by atoms with Crippen LogP contribution in [0.2, 0.25) is 51.9 Å². The third kappa shape index (κ3) is 13.6. The Hall–Kier alpha value is -3.38. The van der Waals surface area contributed by atoms with E-state index in [1.807, 2.05) is 13.8 Å². The van der Waals surface area contributed by atoms with Crippen molar-refractivity contribution in [1.82, 2.24) is 0 Å². The third-order valence-corrected chi connectivity index (χ3v) is 38.0. The lowest BCUT2D eigenvalue weighted by Gasteiger charge is -2.51. The Morgan fingerprint density at radius 2 is 0.987 bits per heavy atom. The van der Waals surface area contributed by atoms with Crippen molar-refractivity contribution in [3.63, 3.8) is 0 Å². The summed E-state index contributed by atoms with van der Waals surface area (Å²) in [6.07, 6.45) is 4.55. The molecule has 5 rings (SSSR count). The van der Waals surface area contributed by atoms with Crippen molar-refractivity contribution in [2.75, 3.05) is 14.2 Å². The van der Waals surface area contributed by atoms with Gasteiger partial charge in [0.05, 0.1) is 26.4 Å². The van der Waals surface area contributed by atoms with Crippen LogP contribution in [0.3, 0.4) is 0 Å². The molecule has 0 radical (unpaired) electrons. The lowest BCUT2D eigenvalue weighted by Crippen LogP contribution is -2.72. The maximum Gasteiger partial charge on any atom is 0.262 e. The minimum Gasteiger partial charge on any atom is -0.407 e. The Morgan fingerprint density at radius 1 is 0.579 bits per heavy atom. The zero-order chi connectivity index (χ0) is 56.3. The second-order valence-corrected chi connectivity index (χ2v) is 43.6. The summed E-state index contributed by atoms with van der Waals surface area (Å²) in [5.74, 6) is 0.188. The molecule has 4 aromatic carbocycles. The molecule has 1 saturated heterocycles. The highest BCUT2D eigenvalue weighted by molar-refractivity contribution is 7.00. The van der Waals surface area contributed by atoms with Crippen molar-refractivity contribution in [3.05, 3.63) is 146 Å². The van der Waals surface area contributed by atoms with Gasteiger partial charge in [0.1, 0.15) is 24.4 Å². The zero-order valence-electron chi connectivity index (χ0n) is 50.1. The molecule has 0 amide bonds. The predicted molar refractivity (Wildman–Crippen MR) is 328 cm³/mol. The summed E-state index contributed by atoms with van der Waals surface area (Å²) in [5.41, 5.74) is -0.00997. The van der Waals surface area contributed by atoms with Crippen LogP contribution in [0.1, 0.15) is 110 Å². The molecule has 9 atom stereocenters. The predicted octanol–water partition coefficient (Wildman–Crippen LogP) is 13.4. The summed E-state index contributed by atoms with van der Waals surface area (Å²) in [7, 11) is -7.27. The normalized spacial score (nSPS) is 21.2. The average Bonchev–Trinajstić information content (AvgIpc) is 3.39.